The van der Waals surface area contributed by atoms with E-state index in [-0.39, 0.29) is 12.5 Å². The van der Waals surface area contributed by atoms with Crippen molar-refractivity contribution in [2.75, 3.05) is 25.0 Å². The molecule has 1 rings (SSSR count). The third-order valence-corrected chi connectivity index (χ3v) is 2.09. The van der Waals surface area contributed by atoms with Crippen molar-refractivity contribution in [2.45, 2.75) is 0 Å². The Morgan fingerprint density at radius 1 is 1.37 bits per heavy atom. The highest BCUT2D eigenvalue weighted by Gasteiger charge is 2.08. The zero-order valence-electron chi connectivity index (χ0n) is 10.4. The Kier molecular flexibility index (Phi) is 6.11. The minimum absolute atomic E-state index is 0.138. The van der Waals surface area contributed by atoms with Gasteiger partial charge in [0.1, 0.15) is 5.75 Å². The summed E-state index contributed by atoms with van der Waals surface area (Å²) in [5.41, 5.74) is 0.439. The van der Waals surface area contributed by atoms with E-state index in [1.165, 1.54) is 0 Å². The molecule has 0 aliphatic rings. The largest absolute Gasteiger partial charge is 0.480 e. The number of rotatable bonds is 8. The molecule has 0 fully saturated rings. The van der Waals surface area contributed by atoms with E-state index in [1.807, 2.05) is 0 Å². The van der Waals surface area contributed by atoms with Crippen molar-refractivity contribution >= 4 is 17.6 Å². The number of hydrogen-bond acceptors (Lipinski definition) is 4. The summed E-state index contributed by atoms with van der Waals surface area (Å²) in [6.45, 7) is 3.74. The average molecular weight is 264 g/mol. The van der Waals surface area contributed by atoms with Crippen LogP contribution in [0, 0.1) is 0 Å². The van der Waals surface area contributed by atoms with Gasteiger partial charge in [-0.15, -0.1) is 6.58 Å². The van der Waals surface area contributed by atoms with E-state index < -0.39 is 12.6 Å². The summed E-state index contributed by atoms with van der Waals surface area (Å²) in [6.07, 6.45) is 1.65. The van der Waals surface area contributed by atoms with Crippen molar-refractivity contribution in [1.82, 2.24) is 5.32 Å². The second-order valence-corrected chi connectivity index (χ2v) is 3.65. The Morgan fingerprint density at radius 3 is 2.79 bits per heavy atom. The molecule has 102 valence electrons. The van der Waals surface area contributed by atoms with Crippen molar-refractivity contribution in [3.63, 3.8) is 0 Å². The lowest BCUT2D eigenvalue weighted by atomic mass is 10.3. The molecule has 19 heavy (non-hydrogen) atoms. The molecule has 0 spiro atoms. The standard InChI is InChI=1S/C13H16N2O4/c1-2-7-14-8-12(16)15-10-5-3-4-6-11(10)19-9-13(17)18/h2-6,14H,1,7-9H2,(H,15,16)(H,17,18). The number of amides is 1. The Hall–Kier alpha value is -2.34. The van der Waals surface area contributed by atoms with E-state index in [0.29, 0.717) is 18.0 Å². The maximum absolute atomic E-state index is 11.6. The van der Waals surface area contributed by atoms with E-state index in [1.54, 1.807) is 30.3 Å². The highest BCUT2D eigenvalue weighted by molar-refractivity contribution is 5.93. The molecular formula is C13H16N2O4. The molecule has 0 unspecified atom stereocenters. The van der Waals surface area contributed by atoms with Gasteiger partial charge in [0.25, 0.3) is 0 Å². The molecule has 0 atom stereocenters. The molecule has 0 saturated carbocycles. The number of para-hydroxylation sites is 2. The van der Waals surface area contributed by atoms with Crippen LogP contribution < -0.4 is 15.4 Å². The second-order valence-electron chi connectivity index (χ2n) is 3.65. The first-order valence-electron chi connectivity index (χ1n) is 5.68. The summed E-state index contributed by atoms with van der Waals surface area (Å²) < 4.78 is 5.07. The summed E-state index contributed by atoms with van der Waals surface area (Å²) in [5, 5.41) is 14.1. The number of carbonyl (C=O) groups excluding carboxylic acids is 1. The van der Waals surface area contributed by atoms with E-state index in [4.69, 9.17) is 9.84 Å². The first kappa shape index (κ1) is 14.7. The van der Waals surface area contributed by atoms with Gasteiger partial charge in [-0.2, -0.15) is 0 Å². The first-order chi connectivity index (χ1) is 9.13. The summed E-state index contributed by atoms with van der Waals surface area (Å²) in [5.74, 6) is -0.996. The average Bonchev–Trinajstić information content (AvgIpc) is 2.38. The third kappa shape index (κ3) is 5.69. The van der Waals surface area contributed by atoms with Gasteiger partial charge >= 0.3 is 5.97 Å². The zero-order valence-corrected chi connectivity index (χ0v) is 10.4. The minimum atomic E-state index is -1.08. The van der Waals surface area contributed by atoms with E-state index in [0.717, 1.165) is 0 Å². The maximum atomic E-state index is 11.6. The number of anilines is 1. The minimum Gasteiger partial charge on any atom is -0.480 e. The van der Waals surface area contributed by atoms with Crippen molar-refractivity contribution in [3.05, 3.63) is 36.9 Å². The summed E-state index contributed by atoms with van der Waals surface area (Å²) in [6, 6.07) is 6.65. The number of ether oxygens (including phenoxy) is 1. The molecule has 0 aliphatic carbocycles. The van der Waals surface area contributed by atoms with Gasteiger partial charge in [-0.25, -0.2) is 4.79 Å². The molecule has 0 radical (unpaired) electrons. The summed E-state index contributed by atoms with van der Waals surface area (Å²) in [7, 11) is 0. The lowest BCUT2D eigenvalue weighted by Gasteiger charge is -2.11. The molecule has 0 saturated heterocycles. The van der Waals surface area contributed by atoms with Gasteiger partial charge in [0.2, 0.25) is 5.91 Å². The van der Waals surface area contributed by atoms with Gasteiger partial charge in [0.05, 0.1) is 12.2 Å². The highest BCUT2D eigenvalue weighted by atomic mass is 16.5. The monoisotopic (exact) mass is 264 g/mol. The van der Waals surface area contributed by atoms with Gasteiger partial charge in [0, 0.05) is 6.54 Å². The van der Waals surface area contributed by atoms with Crippen molar-refractivity contribution < 1.29 is 19.4 Å². The Morgan fingerprint density at radius 2 is 2.11 bits per heavy atom. The number of nitrogens with one attached hydrogen (secondary N) is 2. The molecular weight excluding hydrogens is 248 g/mol. The topological polar surface area (TPSA) is 87.7 Å². The van der Waals surface area contributed by atoms with Gasteiger partial charge in [-0.1, -0.05) is 18.2 Å². The van der Waals surface area contributed by atoms with Gasteiger partial charge in [-0.05, 0) is 12.1 Å². The molecule has 1 aromatic carbocycles. The molecule has 1 amide bonds. The molecule has 6 nitrogen and oxygen atoms in total. The van der Waals surface area contributed by atoms with Gasteiger partial charge in [-0.3, -0.25) is 4.79 Å². The van der Waals surface area contributed by atoms with Crippen LogP contribution in [0.2, 0.25) is 0 Å². The fourth-order valence-electron chi connectivity index (χ4n) is 1.32. The van der Waals surface area contributed by atoms with E-state index >= 15 is 0 Å². The number of aliphatic carboxylic acids is 1. The molecule has 0 aromatic heterocycles. The van der Waals surface area contributed by atoms with Crippen LogP contribution in [0.4, 0.5) is 5.69 Å². The van der Waals surface area contributed by atoms with Crippen molar-refractivity contribution in [1.29, 1.82) is 0 Å². The lowest BCUT2D eigenvalue weighted by Crippen LogP contribution is -2.28. The second kappa shape index (κ2) is 7.88. The van der Waals surface area contributed by atoms with Gasteiger partial charge in [0.15, 0.2) is 6.61 Å². The van der Waals surface area contributed by atoms with Gasteiger partial charge < -0.3 is 20.5 Å². The van der Waals surface area contributed by atoms with Crippen LogP contribution in [-0.2, 0) is 9.59 Å². The molecule has 0 heterocycles. The van der Waals surface area contributed by atoms with Crippen LogP contribution in [-0.4, -0.2) is 36.7 Å². The molecule has 0 aliphatic heterocycles. The van der Waals surface area contributed by atoms with Crippen molar-refractivity contribution in [2.24, 2.45) is 0 Å². The molecule has 1 aromatic rings. The Balaban J connectivity index is 2.58. The maximum Gasteiger partial charge on any atom is 0.341 e. The predicted octanol–water partition coefficient (Wildman–Crippen LogP) is 0.864. The molecule has 3 N–H and O–H groups in total. The van der Waals surface area contributed by atoms with Crippen LogP contribution in [0.15, 0.2) is 36.9 Å². The molecule has 6 heteroatoms. The van der Waals surface area contributed by atoms with Crippen LogP contribution in [0.25, 0.3) is 0 Å². The number of benzene rings is 1. The predicted molar refractivity (Wildman–Crippen MR) is 71.3 cm³/mol. The summed E-state index contributed by atoms with van der Waals surface area (Å²) >= 11 is 0. The number of hydrogen-bond donors (Lipinski definition) is 3. The SMILES string of the molecule is C=CCNCC(=O)Nc1ccccc1OCC(=O)O. The number of carboxylic acid groups (broad SMARTS) is 1. The Labute approximate surface area is 111 Å². The van der Waals surface area contributed by atoms with Crippen LogP contribution in [0.3, 0.4) is 0 Å². The van der Waals surface area contributed by atoms with Crippen molar-refractivity contribution in [3.8, 4) is 5.75 Å². The number of carboxylic acids is 1. The summed E-state index contributed by atoms with van der Waals surface area (Å²) in [4.78, 5) is 22.0. The lowest BCUT2D eigenvalue weighted by molar-refractivity contribution is -0.139. The normalized spacial score (nSPS) is 9.68. The first-order valence-corrected chi connectivity index (χ1v) is 5.68. The smallest absolute Gasteiger partial charge is 0.341 e. The van der Waals surface area contributed by atoms with E-state index in [9.17, 15) is 9.59 Å². The highest BCUT2D eigenvalue weighted by Crippen LogP contribution is 2.23. The van der Waals surface area contributed by atoms with E-state index in [2.05, 4.69) is 17.2 Å². The van der Waals surface area contributed by atoms with Crippen LogP contribution in [0.5, 0.6) is 5.75 Å². The fraction of sp³-hybridized carbons (Fsp3) is 0.231. The zero-order chi connectivity index (χ0) is 14.1. The quantitative estimate of drug-likeness (QED) is 0.479. The molecule has 0 bridgehead atoms. The van der Waals surface area contributed by atoms with Crippen LogP contribution in [0.1, 0.15) is 0 Å². The third-order valence-electron chi connectivity index (χ3n) is 2.09. The van der Waals surface area contributed by atoms with Crippen LogP contribution >= 0.6 is 0 Å². The fourth-order valence-corrected chi connectivity index (χ4v) is 1.32. The Bertz CT molecular complexity index is 460. The number of carbonyl (C=O) groups is 2.